The average Bonchev–Trinajstić information content (AvgIpc) is 2.85. The third-order valence-corrected chi connectivity index (χ3v) is 5.88. The van der Waals surface area contributed by atoms with Crippen molar-refractivity contribution in [3.8, 4) is 12.1 Å². The normalized spacial score (nSPS) is 13.3. The molecule has 0 bridgehead atoms. The molecule has 0 saturated carbocycles. The monoisotopic (exact) mass is 460 g/mol. The molecule has 0 aliphatic rings. The third kappa shape index (κ3) is 7.60. The standard InChI is InChI=1S/C24H24N6O2S/c1-15(21-9-5-7-19(11-21)13-25)27-29-23(31)17(3)33-18(4)24(32)30-28-16(2)22-10-6-8-20(12-22)14-26/h5-12,17-18H,1-4H3,(H,29,31)(H,30,32)/b27-15+,28-16+. The number of hydrogen-bond donors (Lipinski definition) is 2. The molecule has 0 heterocycles. The van der Waals surface area contributed by atoms with Gasteiger partial charge in [-0.15, -0.1) is 11.8 Å². The minimum atomic E-state index is -0.537. The summed E-state index contributed by atoms with van der Waals surface area (Å²) in [6.07, 6.45) is 0. The van der Waals surface area contributed by atoms with Gasteiger partial charge in [-0.2, -0.15) is 20.7 Å². The lowest BCUT2D eigenvalue weighted by molar-refractivity contribution is -0.120. The van der Waals surface area contributed by atoms with Crippen LogP contribution in [0.15, 0.2) is 58.7 Å². The van der Waals surface area contributed by atoms with E-state index in [1.54, 1.807) is 76.2 Å². The van der Waals surface area contributed by atoms with Crippen molar-refractivity contribution >= 4 is 35.0 Å². The molecule has 8 nitrogen and oxygen atoms in total. The van der Waals surface area contributed by atoms with Crippen molar-refractivity contribution in [1.82, 2.24) is 10.9 Å². The molecule has 9 heteroatoms. The number of hydrazone groups is 2. The van der Waals surface area contributed by atoms with Crippen molar-refractivity contribution in [2.75, 3.05) is 0 Å². The smallest absolute Gasteiger partial charge is 0.252 e. The van der Waals surface area contributed by atoms with E-state index in [1.165, 1.54) is 11.8 Å². The lowest BCUT2D eigenvalue weighted by Gasteiger charge is -2.15. The van der Waals surface area contributed by atoms with Gasteiger partial charge in [0.15, 0.2) is 0 Å². The minimum Gasteiger partial charge on any atom is -0.272 e. The number of hydrogen-bond acceptors (Lipinski definition) is 7. The number of carbonyl (C=O) groups is 2. The van der Waals surface area contributed by atoms with Gasteiger partial charge in [0, 0.05) is 0 Å². The zero-order valence-corrected chi connectivity index (χ0v) is 19.6. The van der Waals surface area contributed by atoms with Crippen LogP contribution in [0.1, 0.15) is 49.9 Å². The Balaban J connectivity index is 1.91. The van der Waals surface area contributed by atoms with Gasteiger partial charge in [-0.1, -0.05) is 24.3 Å². The van der Waals surface area contributed by atoms with Gasteiger partial charge in [0.2, 0.25) is 0 Å². The van der Waals surface area contributed by atoms with Crippen LogP contribution in [0.4, 0.5) is 0 Å². The van der Waals surface area contributed by atoms with E-state index in [0.717, 1.165) is 11.1 Å². The van der Waals surface area contributed by atoms with Crippen molar-refractivity contribution in [1.29, 1.82) is 10.5 Å². The van der Waals surface area contributed by atoms with E-state index in [9.17, 15) is 9.59 Å². The summed E-state index contributed by atoms with van der Waals surface area (Å²) < 4.78 is 0. The molecule has 2 atom stereocenters. The summed E-state index contributed by atoms with van der Waals surface area (Å²) >= 11 is 1.17. The van der Waals surface area contributed by atoms with Crippen LogP contribution in [0, 0.1) is 22.7 Å². The van der Waals surface area contributed by atoms with Crippen LogP contribution in [0.2, 0.25) is 0 Å². The quantitative estimate of drug-likeness (QED) is 0.461. The van der Waals surface area contributed by atoms with E-state index in [4.69, 9.17) is 10.5 Å². The van der Waals surface area contributed by atoms with Gasteiger partial charge in [-0.3, -0.25) is 9.59 Å². The first-order valence-electron chi connectivity index (χ1n) is 10.1. The zero-order chi connectivity index (χ0) is 24.4. The predicted molar refractivity (Wildman–Crippen MR) is 130 cm³/mol. The highest BCUT2D eigenvalue weighted by Gasteiger charge is 2.21. The van der Waals surface area contributed by atoms with E-state index in [1.807, 2.05) is 0 Å². The Morgan fingerprint density at radius 3 is 1.58 bits per heavy atom. The van der Waals surface area contributed by atoms with Gasteiger partial charge in [-0.25, -0.2) is 10.9 Å². The number of amides is 2. The molecular weight excluding hydrogens is 436 g/mol. The molecule has 2 amide bonds. The molecule has 2 aromatic carbocycles. The van der Waals surface area contributed by atoms with Crippen LogP contribution in [0.5, 0.6) is 0 Å². The van der Waals surface area contributed by atoms with Crippen LogP contribution in [0.3, 0.4) is 0 Å². The van der Waals surface area contributed by atoms with Crippen molar-refractivity contribution in [2.45, 2.75) is 38.2 Å². The van der Waals surface area contributed by atoms with Crippen LogP contribution >= 0.6 is 11.8 Å². The summed E-state index contributed by atoms with van der Waals surface area (Å²) in [5, 5.41) is 25.1. The first kappa shape index (κ1) is 25.3. The Bertz CT molecular complexity index is 1080. The van der Waals surface area contributed by atoms with E-state index in [-0.39, 0.29) is 11.8 Å². The number of thioether (sulfide) groups is 1. The Labute approximate surface area is 197 Å². The molecule has 0 fully saturated rings. The Morgan fingerprint density at radius 1 is 0.818 bits per heavy atom. The fourth-order valence-electron chi connectivity index (χ4n) is 2.65. The zero-order valence-electron chi connectivity index (χ0n) is 18.8. The fourth-order valence-corrected chi connectivity index (χ4v) is 3.61. The third-order valence-electron chi connectivity index (χ3n) is 4.63. The molecule has 0 radical (unpaired) electrons. The molecule has 0 saturated heterocycles. The second-order valence-corrected chi connectivity index (χ2v) is 8.84. The van der Waals surface area contributed by atoms with Gasteiger partial charge in [0.05, 0.1) is 45.2 Å². The lowest BCUT2D eigenvalue weighted by Crippen LogP contribution is -2.33. The molecule has 0 aliphatic carbocycles. The number of rotatable bonds is 8. The SMILES string of the molecule is C/C(=N\NC(=O)C(C)SC(C)C(=O)N/N=C(\C)c1cccc(C#N)c1)c1cccc(C#N)c1. The first-order chi connectivity index (χ1) is 15.7. The Kier molecular flexibility index (Phi) is 9.34. The molecule has 168 valence electrons. The van der Waals surface area contributed by atoms with Crippen LogP contribution in [-0.2, 0) is 9.59 Å². The minimum absolute atomic E-state index is 0.344. The second kappa shape index (κ2) is 12.2. The summed E-state index contributed by atoms with van der Waals surface area (Å²) in [5.41, 5.74) is 8.62. The van der Waals surface area contributed by atoms with Gasteiger partial charge in [0.25, 0.3) is 11.8 Å². The van der Waals surface area contributed by atoms with Crippen LogP contribution in [0.25, 0.3) is 0 Å². The Hall–Kier alpha value is -3.95. The molecule has 0 spiro atoms. The molecular formula is C24H24N6O2S. The largest absolute Gasteiger partial charge is 0.272 e. The number of nitrogens with one attached hydrogen (secondary N) is 2. The highest BCUT2D eigenvalue weighted by Crippen LogP contribution is 2.18. The molecule has 0 aliphatic heterocycles. The predicted octanol–water partition coefficient (Wildman–Crippen LogP) is 3.32. The lowest BCUT2D eigenvalue weighted by atomic mass is 10.1. The van der Waals surface area contributed by atoms with Crippen molar-refractivity contribution < 1.29 is 9.59 Å². The topological polar surface area (TPSA) is 130 Å². The number of nitrogens with zero attached hydrogens (tertiary/aromatic N) is 4. The molecule has 2 N–H and O–H groups in total. The number of nitriles is 2. The van der Waals surface area contributed by atoms with Crippen molar-refractivity contribution in [2.24, 2.45) is 10.2 Å². The van der Waals surface area contributed by atoms with Gasteiger partial charge < -0.3 is 0 Å². The van der Waals surface area contributed by atoms with E-state index in [0.29, 0.717) is 22.6 Å². The number of carbonyl (C=O) groups excluding carboxylic acids is 2. The highest BCUT2D eigenvalue weighted by molar-refractivity contribution is 8.01. The number of benzene rings is 2. The maximum atomic E-state index is 12.4. The van der Waals surface area contributed by atoms with E-state index >= 15 is 0 Å². The maximum Gasteiger partial charge on any atom is 0.252 e. The maximum absolute atomic E-state index is 12.4. The van der Waals surface area contributed by atoms with Gasteiger partial charge >= 0.3 is 0 Å². The fraction of sp³-hybridized carbons (Fsp3) is 0.250. The molecule has 2 aromatic rings. The van der Waals surface area contributed by atoms with Crippen LogP contribution in [-0.4, -0.2) is 33.7 Å². The van der Waals surface area contributed by atoms with Crippen LogP contribution < -0.4 is 10.9 Å². The summed E-state index contributed by atoms with van der Waals surface area (Å²) in [5.74, 6) is -0.688. The Morgan fingerprint density at radius 2 is 1.21 bits per heavy atom. The van der Waals surface area contributed by atoms with E-state index < -0.39 is 10.5 Å². The molecule has 33 heavy (non-hydrogen) atoms. The molecule has 2 rings (SSSR count). The highest BCUT2D eigenvalue weighted by atomic mass is 32.2. The van der Waals surface area contributed by atoms with Gasteiger partial charge in [-0.05, 0) is 63.1 Å². The van der Waals surface area contributed by atoms with Gasteiger partial charge in [0.1, 0.15) is 0 Å². The summed E-state index contributed by atoms with van der Waals surface area (Å²) in [4.78, 5) is 24.8. The average molecular weight is 461 g/mol. The summed E-state index contributed by atoms with van der Waals surface area (Å²) in [6.45, 7) is 6.84. The first-order valence-corrected chi connectivity index (χ1v) is 11.0. The van der Waals surface area contributed by atoms with E-state index in [2.05, 4.69) is 33.2 Å². The van der Waals surface area contributed by atoms with Crippen molar-refractivity contribution in [3.05, 3.63) is 70.8 Å². The second-order valence-electron chi connectivity index (χ2n) is 7.15. The molecule has 2 unspecified atom stereocenters. The van der Waals surface area contributed by atoms with Crippen molar-refractivity contribution in [3.63, 3.8) is 0 Å². The summed E-state index contributed by atoms with van der Waals surface area (Å²) in [6, 6.07) is 18.0. The molecule has 0 aromatic heterocycles. The summed E-state index contributed by atoms with van der Waals surface area (Å²) in [7, 11) is 0.